The molecule has 26 heavy (non-hydrogen) atoms. The van der Waals surface area contributed by atoms with Gasteiger partial charge in [0, 0.05) is 38.5 Å². The van der Waals surface area contributed by atoms with E-state index in [4.69, 9.17) is 21.3 Å². The van der Waals surface area contributed by atoms with Gasteiger partial charge in [0.1, 0.15) is 5.82 Å². The molecule has 2 aliphatic rings. The highest BCUT2D eigenvalue weighted by Crippen LogP contribution is 2.25. The van der Waals surface area contributed by atoms with Gasteiger partial charge in [-0.1, -0.05) is 11.6 Å². The molecule has 146 valence electrons. The zero-order valence-electron chi connectivity index (χ0n) is 15.3. The summed E-state index contributed by atoms with van der Waals surface area (Å²) in [6.07, 6.45) is 6.61. The van der Waals surface area contributed by atoms with Crippen molar-refractivity contribution < 1.29 is 4.74 Å². The van der Waals surface area contributed by atoms with E-state index in [-0.39, 0.29) is 30.1 Å². The Labute approximate surface area is 178 Å². The van der Waals surface area contributed by atoms with E-state index in [9.17, 15) is 0 Å². The first-order chi connectivity index (χ1) is 12.3. The number of aromatic nitrogens is 1. The summed E-state index contributed by atoms with van der Waals surface area (Å²) < 4.78 is 5.77. The van der Waals surface area contributed by atoms with Gasteiger partial charge >= 0.3 is 0 Å². The van der Waals surface area contributed by atoms with Gasteiger partial charge in [0.15, 0.2) is 5.96 Å². The van der Waals surface area contributed by atoms with Crippen LogP contribution in [0.2, 0.25) is 5.02 Å². The molecule has 2 N–H and O–H groups in total. The molecule has 0 amide bonds. The number of guanidine groups is 1. The van der Waals surface area contributed by atoms with Gasteiger partial charge in [0.2, 0.25) is 0 Å². The van der Waals surface area contributed by atoms with Gasteiger partial charge in [0.25, 0.3) is 0 Å². The third kappa shape index (κ3) is 6.13. The number of aliphatic imine (C=N–C) groups is 1. The molecular formula is C18H29ClIN5O. The number of hydrogen-bond acceptors (Lipinski definition) is 4. The van der Waals surface area contributed by atoms with Crippen molar-refractivity contribution >= 4 is 47.4 Å². The predicted octanol–water partition coefficient (Wildman–Crippen LogP) is 3.06. The number of halogens is 2. The number of pyridine rings is 1. The molecule has 1 aromatic rings. The normalized spacial score (nSPS) is 23.5. The molecule has 0 spiro atoms. The van der Waals surface area contributed by atoms with E-state index in [0.29, 0.717) is 11.1 Å². The first-order valence-electron chi connectivity index (χ1n) is 9.28. The van der Waals surface area contributed by atoms with Crippen LogP contribution in [0.1, 0.15) is 32.6 Å². The Morgan fingerprint density at radius 2 is 2.31 bits per heavy atom. The number of hydrogen-bond donors (Lipinski definition) is 2. The molecule has 3 heterocycles. The third-order valence-electron chi connectivity index (χ3n) is 4.64. The van der Waals surface area contributed by atoms with Crippen LogP contribution >= 0.6 is 35.6 Å². The molecule has 0 radical (unpaired) electrons. The summed E-state index contributed by atoms with van der Waals surface area (Å²) in [6.45, 7) is 6.34. The summed E-state index contributed by atoms with van der Waals surface area (Å²) in [6, 6.07) is 4.09. The van der Waals surface area contributed by atoms with Gasteiger partial charge < -0.3 is 20.3 Å². The molecule has 3 rings (SSSR count). The lowest BCUT2D eigenvalue weighted by Gasteiger charge is -2.22. The molecule has 2 saturated heterocycles. The lowest BCUT2D eigenvalue weighted by Crippen LogP contribution is -2.45. The number of ether oxygens (including phenoxy) is 1. The van der Waals surface area contributed by atoms with Crippen molar-refractivity contribution in [3.63, 3.8) is 0 Å². The van der Waals surface area contributed by atoms with E-state index in [1.165, 1.54) is 12.8 Å². The lowest BCUT2D eigenvalue weighted by atomic mass is 10.1. The van der Waals surface area contributed by atoms with Gasteiger partial charge in [-0.3, -0.25) is 4.99 Å². The topological polar surface area (TPSA) is 61.8 Å². The summed E-state index contributed by atoms with van der Waals surface area (Å²) in [7, 11) is 0. The van der Waals surface area contributed by atoms with Crippen molar-refractivity contribution in [3.8, 4) is 0 Å². The van der Waals surface area contributed by atoms with E-state index in [0.717, 1.165) is 57.4 Å². The maximum Gasteiger partial charge on any atom is 0.191 e. The zero-order valence-corrected chi connectivity index (χ0v) is 18.4. The highest BCUT2D eigenvalue weighted by Gasteiger charge is 2.25. The Kier molecular flexibility index (Phi) is 9.21. The third-order valence-corrected chi connectivity index (χ3v) is 4.93. The van der Waals surface area contributed by atoms with Crippen LogP contribution in [0, 0.1) is 0 Å². The van der Waals surface area contributed by atoms with Crippen molar-refractivity contribution in [2.24, 2.45) is 4.99 Å². The minimum absolute atomic E-state index is 0. The number of rotatable bonds is 5. The smallest absolute Gasteiger partial charge is 0.191 e. The molecule has 6 nitrogen and oxygen atoms in total. The average Bonchev–Trinajstić information content (AvgIpc) is 3.09. The minimum atomic E-state index is 0. The summed E-state index contributed by atoms with van der Waals surface area (Å²) in [5, 5.41) is 7.59. The van der Waals surface area contributed by atoms with Crippen LogP contribution in [0.5, 0.6) is 0 Å². The molecule has 2 unspecified atom stereocenters. The quantitative estimate of drug-likeness (QED) is 0.375. The number of anilines is 1. The fourth-order valence-corrected chi connectivity index (χ4v) is 3.58. The highest BCUT2D eigenvalue weighted by molar-refractivity contribution is 14.0. The zero-order chi connectivity index (χ0) is 17.5. The molecule has 0 aromatic carbocycles. The van der Waals surface area contributed by atoms with Crippen molar-refractivity contribution in [1.82, 2.24) is 15.6 Å². The Hall–Kier alpha value is -0.800. The van der Waals surface area contributed by atoms with Gasteiger partial charge in [0.05, 0.1) is 17.7 Å². The van der Waals surface area contributed by atoms with Crippen molar-refractivity contribution in [2.75, 3.05) is 37.7 Å². The van der Waals surface area contributed by atoms with Gasteiger partial charge in [-0.25, -0.2) is 4.98 Å². The predicted molar refractivity (Wildman–Crippen MR) is 118 cm³/mol. The molecule has 2 atom stereocenters. The van der Waals surface area contributed by atoms with Gasteiger partial charge in [-0.2, -0.15) is 0 Å². The maximum absolute atomic E-state index is 6.27. The maximum atomic E-state index is 6.27. The SMILES string of the molecule is CCNC(=NCC1CCCCO1)NC1CCN(c2ncccc2Cl)C1.I. The minimum Gasteiger partial charge on any atom is -0.376 e. The van der Waals surface area contributed by atoms with Crippen molar-refractivity contribution in [3.05, 3.63) is 23.4 Å². The second kappa shape index (κ2) is 11.1. The Morgan fingerprint density at radius 3 is 3.04 bits per heavy atom. The highest BCUT2D eigenvalue weighted by atomic mass is 127. The van der Waals surface area contributed by atoms with Gasteiger partial charge in [-0.15, -0.1) is 24.0 Å². The Balaban J connectivity index is 0.00000243. The lowest BCUT2D eigenvalue weighted by molar-refractivity contribution is 0.0224. The molecule has 0 aliphatic carbocycles. The molecule has 0 bridgehead atoms. The van der Waals surface area contributed by atoms with Crippen LogP contribution in [-0.2, 0) is 4.74 Å². The van der Waals surface area contributed by atoms with Crippen LogP contribution < -0.4 is 15.5 Å². The molecule has 2 aliphatic heterocycles. The van der Waals surface area contributed by atoms with Crippen LogP contribution in [0.3, 0.4) is 0 Å². The first-order valence-corrected chi connectivity index (χ1v) is 9.66. The second-order valence-corrected chi connectivity index (χ2v) is 7.00. The number of nitrogens with one attached hydrogen (secondary N) is 2. The first kappa shape index (κ1) is 21.5. The van der Waals surface area contributed by atoms with Crippen LogP contribution in [0.15, 0.2) is 23.3 Å². The average molecular weight is 494 g/mol. The fourth-order valence-electron chi connectivity index (χ4n) is 3.34. The summed E-state index contributed by atoms with van der Waals surface area (Å²) in [4.78, 5) is 11.4. The van der Waals surface area contributed by atoms with Crippen LogP contribution in [0.25, 0.3) is 0 Å². The Morgan fingerprint density at radius 1 is 1.42 bits per heavy atom. The molecule has 2 fully saturated rings. The monoisotopic (exact) mass is 493 g/mol. The molecule has 0 saturated carbocycles. The second-order valence-electron chi connectivity index (χ2n) is 6.59. The summed E-state index contributed by atoms with van der Waals surface area (Å²) in [5.41, 5.74) is 0. The number of nitrogens with zero attached hydrogens (tertiary/aromatic N) is 3. The Bertz CT molecular complexity index is 582. The fraction of sp³-hybridized carbons (Fsp3) is 0.667. The van der Waals surface area contributed by atoms with E-state index >= 15 is 0 Å². The molecule has 1 aromatic heterocycles. The van der Waals surface area contributed by atoms with E-state index < -0.39 is 0 Å². The standard InChI is InChI=1S/C18H28ClN5O.HI/c1-2-20-18(22-12-15-6-3-4-11-25-15)23-14-8-10-24(13-14)17-16(19)7-5-9-21-17;/h5,7,9,14-15H,2-4,6,8,10-13H2,1H3,(H2,20,22,23);1H. The van der Waals surface area contributed by atoms with Crippen molar-refractivity contribution in [2.45, 2.75) is 44.8 Å². The van der Waals surface area contributed by atoms with E-state index in [1.54, 1.807) is 6.20 Å². The van der Waals surface area contributed by atoms with Gasteiger partial charge in [-0.05, 0) is 44.7 Å². The summed E-state index contributed by atoms with van der Waals surface area (Å²) >= 11 is 6.27. The largest absolute Gasteiger partial charge is 0.376 e. The van der Waals surface area contributed by atoms with Crippen molar-refractivity contribution in [1.29, 1.82) is 0 Å². The van der Waals surface area contributed by atoms with Crippen LogP contribution in [-0.4, -0.2) is 55.9 Å². The molecule has 8 heteroatoms. The van der Waals surface area contributed by atoms with E-state index in [2.05, 4.69) is 27.4 Å². The summed E-state index contributed by atoms with van der Waals surface area (Å²) in [5.74, 6) is 1.74. The van der Waals surface area contributed by atoms with Crippen LogP contribution in [0.4, 0.5) is 5.82 Å². The molecular weight excluding hydrogens is 465 g/mol. The van der Waals surface area contributed by atoms with E-state index in [1.807, 2.05) is 12.1 Å².